The minimum Gasteiger partial charge on any atom is -0.392 e. The molecule has 106 valence electrons. The van der Waals surface area contributed by atoms with Crippen LogP contribution >= 0.6 is 0 Å². The summed E-state index contributed by atoms with van der Waals surface area (Å²) >= 11 is 0. The number of nitrogens with zero attached hydrogens (tertiary/aromatic N) is 2. The Morgan fingerprint density at radius 1 is 1.37 bits per heavy atom. The molecule has 0 aromatic carbocycles. The minimum atomic E-state index is -0.378. The van der Waals surface area contributed by atoms with E-state index in [2.05, 4.69) is 15.5 Å². The molecule has 2 atom stereocenters. The molecule has 0 radical (unpaired) electrons. The number of ether oxygens (including phenoxy) is 1. The van der Waals surface area contributed by atoms with Gasteiger partial charge in [-0.1, -0.05) is 24.4 Å². The topological polar surface area (TPSA) is 80.4 Å². The monoisotopic (exact) mass is 267 g/mol. The summed E-state index contributed by atoms with van der Waals surface area (Å²) in [6.07, 6.45) is 5.71. The number of aliphatic hydroxyl groups is 1. The summed E-state index contributed by atoms with van der Waals surface area (Å²) < 4.78 is 11.1. The third-order valence-electron chi connectivity index (χ3n) is 4.31. The van der Waals surface area contributed by atoms with Crippen molar-refractivity contribution < 1.29 is 14.4 Å². The van der Waals surface area contributed by atoms with Gasteiger partial charge >= 0.3 is 0 Å². The van der Waals surface area contributed by atoms with Gasteiger partial charge in [0.2, 0.25) is 11.7 Å². The van der Waals surface area contributed by atoms with Gasteiger partial charge in [0.25, 0.3) is 0 Å². The van der Waals surface area contributed by atoms with Crippen molar-refractivity contribution in [3.05, 3.63) is 11.7 Å². The molecule has 0 spiro atoms. The SMILES string of the molecule is COC1(c2noc([C@H]3C[C@H](O)CN3)n2)CCCCC1. The van der Waals surface area contributed by atoms with Crippen molar-refractivity contribution in [3.63, 3.8) is 0 Å². The number of β-amino-alcohol motifs (C(OH)–C–C–N with tert-alkyl or cyclic N) is 1. The molecule has 2 N–H and O–H groups in total. The first kappa shape index (κ1) is 13.0. The van der Waals surface area contributed by atoms with Gasteiger partial charge in [0, 0.05) is 13.7 Å². The average molecular weight is 267 g/mol. The van der Waals surface area contributed by atoms with Crippen LogP contribution in [0.25, 0.3) is 0 Å². The molecular weight excluding hydrogens is 246 g/mol. The molecule has 1 aromatic heterocycles. The Morgan fingerprint density at radius 3 is 2.79 bits per heavy atom. The van der Waals surface area contributed by atoms with Crippen molar-refractivity contribution in [2.45, 2.75) is 56.3 Å². The molecule has 1 aliphatic carbocycles. The fraction of sp³-hybridized carbons (Fsp3) is 0.846. The van der Waals surface area contributed by atoms with Crippen molar-refractivity contribution in [2.24, 2.45) is 0 Å². The van der Waals surface area contributed by atoms with E-state index in [9.17, 15) is 5.11 Å². The van der Waals surface area contributed by atoms with Crippen LogP contribution in [-0.4, -0.2) is 35.0 Å². The maximum absolute atomic E-state index is 9.54. The van der Waals surface area contributed by atoms with Gasteiger partial charge in [-0.15, -0.1) is 0 Å². The first-order valence-corrected chi connectivity index (χ1v) is 7.04. The van der Waals surface area contributed by atoms with Gasteiger partial charge in [-0.2, -0.15) is 4.98 Å². The highest BCUT2D eigenvalue weighted by molar-refractivity contribution is 5.06. The number of rotatable bonds is 3. The zero-order valence-electron chi connectivity index (χ0n) is 11.3. The highest BCUT2D eigenvalue weighted by atomic mass is 16.5. The Morgan fingerprint density at radius 2 is 2.16 bits per heavy atom. The largest absolute Gasteiger partial charge is 0.392 e. The van der Waals surface area contributed by atoms with E-state index < -0.39 is 0 Å². The Labute approximate surface area is 112 Å². The molecule has 0 unspecified atom stereocenters. The lowest BCUT2D eigenvalue weighted by atomic mass is 9.84. The molecule has 6 nitrogen and oxygen atoms in total. The second-order valence-electron chi connectivity index (χ2n) is 5.57. The summed E-state index contributed by atoms with van der Waals surface area (Å²) in [6, 6.07) is -0.0336. The normalized spacial score (nSPS) is 30.6. The van der Waals surface area contributed by atoms with Crippen molar-refractivity contribution in [3.8, 4) is 0 Å². The fourth-order valence-corrected chi connectivity index (χ4v) is 3.11. The summed E-state index contributed by atoms with van der Waals surface area (Å²) in [4.78, 5) is 4.52. The summed E-state index contributed by atoms with van der Waals surface area (Å²) in [5.41, 5.74) is -0.378. The van der Waals surface area contributed by atoms with E-state index in [1.54, 1.807) is 7.11 Å². The predicted octanol–water partition coefficient (Wildman–Crippen LogP) is 1.27. The summed E-state index contributed by atoms with van der Waals surface area (Å²) in [7, 11) is 1.72. The van der Waals surface area contributed by atoms with Gasteiger partial charge in [0.15, 0.2) is 0 Å². The van der Waals surface area contributed by atoms with E-state index in [0.717, 1.165) is 25.7 Å². The van der Waals surface area contributed by atoms with E-state index >= 15 is 0 Å². The standard InChI is InChI=1S/C13H21N3O3/c1-18-13(5-3-2-4-6-13)12-15-11(19-16-12)10-7-9(17)8-14-10/h9-10,14,17H,2-8H2,1H3/t9-,10+/m0/s1. The van der Waals surface area contributed by atoms with E-state index in [1.165, 1.54) is 6.42 Å². The van der Waals surface area contributed by atoms with Crippen LogP contribution in [0.15, 0.2) is 4.52 Å². The second-order valence-corrected chi connectivity index (χ2v) is 5.57. The third-order valence-corrected chi connectivity index (χ3v) is 4.31. The lowest BCUT2D eigenvalue weighted by Gasteiger charge is -2.32. The number of aliphatic hydroxyl groups excluding tert-OH is 1. The summed E-state index contributed by atoms with van der Waals surface area (Å²) in [6.45, 7) is 0.581. The number of hydrogen-bond donors (Lipinski definition) is 2. The number of aromatic nitrogens is 2. The zero-order chi connectivity index (χ0) is 13.3. The molecule has 1 saturated heterocycles. The predicted molar refractivity (Wildman–Crippen MR) is 67.4 cm³/mol. The molecule has 3 rings (SSSR count). The Kier molecular flexibility index (Phi) is 3.56. The molecule has 19 heavy (non-hydrogen) atoms. The van der Waals surface area contributed by atoms with E-state index in [0.29, 0.717) is 24.7 Å². The van der Waals surface area contributed by atoms with E-state index in [1.807, 2.05) is 0 Å². The first-order valence-electron chi connectivity index (χ1n) is 7.04. The van der Waals surface area contributed by atoms with Gasteiger partial charge < -0.3 is 19.7 Å². The van der Waals surface area contributed by atoms with Gasteiger partial charge in [-0.3, -0.25) is 0 Å². The van der Waals surface area contributed by atoms with Crippen molar-refractivity contribution in [1.29, 1.82) is 0 Å². The molecule has 6 heteroatoms. The molecule has 1 aliphatic heterocycles. The third kappa shape index (κ3) is 2.40. The highest BCUT2D eigenvalue weighted by Gasteiger charge is 2.39. The number of hydrogen-bond acceptors (Lipinski definition) is 6. The van der Waals surface area contributed by atoms with E-state index in [4.69, 9.17) is 9.26 Å². The van der Waals surface area contributed by atoms with Gasteiger partial charge in [0.05, 0.1) is 12.1 Å². The molecule has 0 bridgehead atoms. The van der Waals surface area contributed by atoms with E-state index in [-0.39, 0.29) is 17.7 Å². The molecule has 0 amide bonds. The molecule has 2 fully saturated rings. The van der Waals surface area contributed by atoms with Crippen molar-refractivity contribution in [2.75, 3.05) is 13.7 Å². The Bertz CT molecular complexity index is 429. The van der Waals surface area contributed by atoms with Crippen LogP contribution in [0, 0.1) is 0 Å². The van der Waals surface area contributed by atoms with Crippen LogP contribution in [-0.2, 0) is 10.3 Å². The number of nitrogens with one attached hydrogen (secondary N) is 1. The lowest BCUT2D eigenvalue weighted by Crippen LogP contribution is -2.32. The van der Waals surface area contributed by atoms with Crippen LogP contribution in [0.2, 0.25) is 0 Å². The van der Waals surface area contributed by atoms with Crippen LogP contribution in [0.3, 0.4) is 0 Å². The average Bonchev–Trinajstić information content (AvgIpc) is 3.08. The van der Waals surface area contributed by atoms with Crippen LogP contribution in [0.1, 0.15) is 56.3 Å². The maximum atomic E-state index is 9.54. The number of methoxy groups -OCH3 is 1. The molecular formula is C13H21N3O3. The molecule has 2 heterocycles. The molecule has 1 saturated carbocycles. The minimum absolute atomic E-state index is 0.0336. The summed E-state index contributed by atoms with van der Waals surface area (Å²) in [5, 5.41) is 16.8. The Hall–Kier alpha value is -0.980. The zero-order valence-corrected chi connectivity index (χ0v) is 11.3. The van der Waals surface area contributed by atoms with Gasteiger partial charge in [-0.25, -0.2) is 0 Å². The van der Waals surface area contributed by atoms with Crippen LogP contribution in [0.4, 0.5) is 0 Å². The fourth-order valence-electron chi connectivity index (χ4n) is 3.11. The molecule has 2 aliphatic rings. The second kappa shape index (κ2) is 5.19. The smallest absolute Gasteiger partial charge is 0.243 e. The summed E-state index contributed by atoms with van der Waals surface area (Å²) in [5.74, 6) is 1.22. The van der Waals surface area contributed by atoms with Gasteiger partial charge in [0.1, 0.15) is 5.60 Å². The maximum Gasteiger partial charge on any atom is 0.243 e. The lowest BCUT2D eigenvalue weighted by molar-refractivity contribution is -0.0527. The van der Waals surface area contributed by atoms with Crippen LogP contribution < -0.4 is 5.32 Å². The van der Waals surface area contributed by atoms with Crippen molar-refractivity contribution in [1.82, 2.24) is 15.5 Å². The van der Waals surface area contributed by atoms with Gasteiger partial charge in [-0.05, 0) is 19.3 Å². The Balaban J connectivity index is 1.79. The highest BCUT2D eigenvalue weighted by Crippen LogP contribution is 2.39. The molecule has 1 aromatic rings. The quantitative estimate of drug-likeness (QED) is 0.858. The van der Waals surface area contributed by atoms with Crippen molar-refractivity contribution >= 4 is 0 Å². The first-order chi connectivity index (χ1) is 9.23. The van der Waals surface area contributed by atoms with Crippen LogP contribution in [0.5, 0.6) is 0 Å².